The molecule has 0 aliphatic carbocycles. The molecule has 0 saturated carbocycles. The van der Waals surface area contributed by atoms with E-state index >= 15 is 0 Å². The van der Waals surface area contributed by atoms with Gasteiger partial charge < -0.3 is 30.3 Å². The molecule has 0 spiro atoms. The van der Waals surface area contributed by atoms with E-state index in [0.29, 0.717) is 5.56 Å². The molecule has 0 radical (unpaired) electrons. The van der Waals surface area contributed by atoms with Gasteiger partial charge in [-0.2, -0.15) is 0 Å². The third kappa shape index (κ3) is 3.09. The number of rotatable bonds is 4. The molecule has 2 rings (SSSR count). The largest absolute Gasteiger partial charge is 0.387 e. The Bertz CT molecular complexity index is 544. The first kappa shape index (κ1) is 16.8. The summed E-state index contributed by atoms with van der Waals surface area (Å²) in [6.45, 7) is 3.60. The molecule has 6 atom stereocenters. The van der Waals surface area contributed by atoms with E-state index in [2.05, 4.69) is 6.58 Å². The summed E-state index contributed by atoms with van der Waals surface area (Å²) in [6, 6.07) is 8.38. The highest BCUT2D eigenvalue weighted by atomic mass is 16.6. The van der Waals surface area contributed by atoms with Crippen LogP contribution in [0.4, 0.5) is 0 Å². The van der Waals surface area contributed by atoms with Crippen molar-refractivity contribution in [3.63, 3.8) is 0 Å². The number of hydrogen-bond acceptors (Lipinski definition) is 7. The number of carbonyl (C=O) groups excluding carboxylic acids is 1. The van der Waals surface area contributed by atoms with E-state index in [4.69, 9.17) is 4.74 Å². The van der Waals surface area contributed by atoms with E-state index in [1.165, 1.54) is 0 Å². The van der Waals surface area contributed by atoms with Crippen molar-refractivity contribution in [2.75, 3.05) is 0 Å². The smallest absolute Gasteiger partial charge is 0.194 e. The zero-order valence-corrected chi connectivity index (χ0v) is 11.6. The summed E-state index contributed by atoms with van der Waals surface area (Å²) in [5.74, 6) is -0.814. The van der Waals surface area contributed by atoms with Gasteiger partial charge in [0.15, 0.2) is 12.1 Å². The number of Topliss-reactive ketones (excluding diaryl/α,β-unsaturated/α-hetero) is 1. The van der Waals surface area contributed by atoms with Gasteiger partial charge in [-0.15, -0.1) is 0 Å². The maximum atomic E-state index is 12.2. The molecule has 1 aliphatic rings. The minimum Gasteiger partial charge on any atom is -0.387 e. The molecule has 7 nitrogen and oxygen atoms in total. The second-order valence-corrected chi connectivity index (χ2v) is 5.12. The Hall–Kier alpha value is -1.61. The van der Waals surface area contributed by atoms with E-state index in [9.17, 15) is 30.3 Å². The first-order valence-electron chi connectivity index (χ1n) is 6.69. The van der Waals surface area contributed by atoms with Crippen molar-refractivity contribution in [2.45, 2.75) is 36.8 Å². The molecule has 0 bridgehead atoms. The molecule has 1 aromatic rings. The quantitative estimate of drug-likeness (QED) is 0.425. The average molecular weight is 310 g/mol. The number of hydrogen-bond donors (Lipinski definition) is 5. The summed E-state index contributed by atoms with van der Waals surface area (Å²) < 4.78 is 4.83. The Labute approximate surface area is 126 Å². The summed E-state index contributed by atoms with van der Waals surface area (Å²) in [4.78, 5) is 12.2. The summed E-state index contributed by atoms with van der Waals surface area (Å²) >= 11 is 0. The van der Waals surface area contributed by atoms with Crippen molar-refractivity contribution in [2.24, 2.45) is 0 Å². The van der Waals surface area contributed by atoms with Crippen molar-refractivity contribution < 1.29 is 35.1 Å². The molecule has 1 saturated heterocycles. The molecule has 1 aliphatic heterocycles. The van der Waals surface area contributed by atoms with Gasteiger partial charge in [-0.25, -0.2) is 0 Å². The molecular weight excluding hydrogens is 292 g/mol. The molecule has 0 aromatic heterocycles. The van der Waals surface area contributed by atoms with Crippen molar-refractivity contribution in [1.29, 1.82) is 0 Å². The normalized spacial score (nSPS) is 33.2. The lowest BCUT2D eigenvalue weighted by Gasteiger charge is -2.39. The van der Waals surface area contributed by atoms with Gasteiger partial charge in [0, 0.05) is 5.57 Å². The monoisotopic (exact) mass is 310 g/mol. The van der Waals surface area contributed by atoms with Crippen LogP contribution in [0.1, 0.15) is 5.56 Å². The molecule has 1 aromatic carbocycles. The Morgan fingerprint density at radius 3 is 2.23 bits per heavy atom. The number of ether oxygens (including phenoxy) is 1. The van der Waals surface area contributed by atoms with Crippen LogP contribution in [0.3, 0.4) is 0 Å². The number of ketones is 1. The number of aliphatic hydroxyl groups is 5. The van der Waals surface area contributed by atoms with E-state index < -0.39 is 42.6 Å². The lowest BCUT2D eigenvalue weighted by atomic mass is 9.90. The Morgan fingerprint density at radius 1 is 1.05 bits per heavy atom. The Kier molecular flexibility index (Phi) is 5.07. The first-order chi connectivity index (χ1) is 10.3. The predicted molar refractivity (Wildman–Crippen MR) is 75.4 cm³/mol. The van der Waals surface area contributed by atoms with Crippen molar-refractivity contribution in [3.8, 4) is 0 Å². The third-order valence-corrected chi connectivity index (χ3v) is 3.62. The van der Waals surface area contributed by atoms with Crippen molar-refractivity contribution in [1.82, 2.24) is 0 Å². The summed E-state index contributed by atoms with van der Waals surface area (Å²) in [7, 11) is 0. The zero-order chi connectivity index (χ0) is 16.4. The van der Waals surface area contributed by atoms with Gasteiger partial charge in [0.25, 0.3) is 0 Å². The van der Waals surface area contributed by atoms with Crippen LogP contribution in [0.5, 0.6) is 0 Å². The molecule has 7 heteroatoms. The van der Waals surface area contributed by atoms with E-state index in [1.54, 1.807) is 30.3 Å². The fourth-order valence-electron chi connectivity index (χ4n) is 2.26. The van der Waals surface area contributed by atoms with Crippen LogP contribution in [0.2, 0.25) is 0 Å². The predicted octanol–water partition coefficient (Wildman–Crippen LogP) is -1.57. The summed E-state index contributed by atoms with van der Waals surface area (Å²) in [5.41, 5.74) is 0.483. The minimum atomic E-state index is -1.85. The zero-order valence-electron chi connectivity index (χ0n) is 11.6. The van der Waals surface area contributed by atoms with Crippen LogP contribution in [0.15, 0.2) is 36.9 Å². The van der Waals surface area contributed by atoms with Gasteiger partial charge in [0.2, 0.25) is 0 Å². The van der Waals surface area contributed by atoms with Crippen molar-refractivity contribution in [3.05, 3.63) is 42.5 Å². The fraction of sp³-hybridized carbons (Fsp3) is 0.400. The molecule has 120 valence electrons. The highest BCUT2D eigenvalue weighted by Crippen LogP contribution is 2.25. The lowest BCUT2D eigenvalue weighted by molar-refractivity contribution is -0.293. The van der Waals surface area contributed by atoms with Crippen LogP contribution in [-0.4, -0.2) is 68.1 Å². The van der Waals surface area contributed by atoms with Gasteiger partial charge in [-0.3, -0.25) is 4.79 Å². The highest BCUT2D eigenvalue weighted by Gasteiger charge is 2.47. The number of benzene rings is 1. The van der Waals surface area contributed by atoms with Crippen LogP contribution in [0.25, 0.3) is 5.57 Å². The molecule has 2 unspecified atom stereocenters. The SMILES string of the molecule is C=C(C(=O)C(O)[C@H]1OC(O)[C@H](O)[C@@H](O)[C@@H]1O)c1ccccc1. The fourth-order valence-corrected chi connectivity index (χ4v) is 2.26. The second kappa shape index (κ2) is 6.66. The van der Waals surface area contributed by atoms with Crippen LogP contribution in [-0.2, 0) is 9.53 Å². The Balaban J connectivity index is 2.15. The minimum absolute atomic E-state index is 0.000925. The maximum Gasteiger partial charge on any atom is 0.194 e. The van der Waals surface area contributed by atoms with Gasteiger partial charge >= 0.3 is 0 Å². The molecule has 5 N–H and O–H groups in total. The van der Waals surface area contributed by atoms with Gasteiger partial charge in [0.1, 0.15) is 30.5 Å². The molecule has 1 heterocycles. The number of carbonyl (C=O) groups is 1. The van der Waals surface area contributed by atoms with Crippen LogP contribution in [0, 0.1) is 0 Å². The molecule has 1 fully saturated rings. The molecular formula is C15H18O7. The van der Waals surface area contributed by atoms with Gasteiger partial charge in [-0.05, 0) is 5.56 Å². The average Bonchev–Trinajstić information content (AvgIpc) is 2.55. The van der Waals surface area contributed by atoms with Crippen molar-refractivity contribution >= 4 is 11.4 Å². The van der Waals surface area contributed by atoms with E-state index in [0.717, 1.165) is 0 Å². The second-order valence-electron chi connectivity index (χ2n) is 5.12. The first-order valence-corrected chi connectivity index (χ1v) is 6.69. The van der Waals surface area contributed by atoms with Gasteiger partial charge in [0.05, 0.1) is 0 Å². The van der Waals surface area contributed by atoms with Crippen LogP contribution < -0.4 is 0 Å². The van der Waals surface area contributed by atoms with Crippen LogP contribution >= 0.6 is 0 Å². The van der Waals surface area contributed by atoms with E-state index in [1.807, 2.05) is 0 Å². The highest BCUT2D eigenvalue weighted by molar-refractivity contribution is 6.22. The lowest BCUT2D eigenvalue weighted by Crippen LogP contribution is -2.61. The Morgan fingerprint density at radius 2 is 1.64 bits per heavy atom. The topological polar surface area (TPSA) is 127 Å². The third-order valence-electron chi connectivity index (χ3n) is 3.62. The maximum absolute atomic E-state index is 12.2. The van der Waals surface area contributed by atoms with E-state index in [-0.39, 0.29) is 5.57 Å². The molecule has 0 amide bonds. The molecule has 22 heavy (non-hydrogen) atoms. The summed E-state index contributed by atoms with van der Waals surface area (Å²) in [6.07, 6.45) is -10.5. The number of aliphatic hydroxyl groups excluding tert-OH is 5. The summed E-state index contributed by atoms with van der Waals surface area (Å²) in [5, 5.41) is 48.3. The standard InChI is InChI=1S/C15H18O7/c1-7(8-5-3-2-4-6-8)9(16)11(18)14-12(19)10(17)13(20)15(21)22-14/h2-6,10-15,17-21H,1H2/t10-,11?,12-,13+,14+,15?/m0/s1. The van der Waals surface area contributed by atoms with Gasteiger partial charge in [-0.1, -0.05) is 36.9 Å².